The Bertz CT molecular complexity index is 1070. The molecule has 30 heavy (non-hydrogen) atoms. The van der Waals surface area contributed by atoms with Gasteiger partial charge in [0, 0.05) is 13.0 Å². The molecule has 0 bridgehead atoms. The molecule has 1 unspecified atom stereocenters. The van der Waals surface area contributed by atoms with E-state index in [1.807, 2.05) is 31.2 Å². The average Bonchev–Trinajstić information content (AvgIpc) is 3.07. The van der Waals surface area contributed by atoms with E-state index >= 15 is 0 Å². The number of aliphatic hydroxyl groups is 1. The zero-order valence-corrected chi connectivity index (χ0v) is 16.9. The maximum absolute atomic E-state index is 11.9. The van der Waals surface area contributed by atoms with Gasteiger partial charge in [0.1, 0.15) is 11.5 Å². The van der Waals surface area contributed by atoms with Gasteiger partial charge in [-0.15, -0.1) is 0 Å². The normalized spacial score (nSPS) is 12.0. The van der Waals surface area contributed by atoms with Gasteiger partial charge in [-0.1, -0.05) is 49.4 Å². The first-order valence-electron chi connectivity index (χ1n) is 9.75. The highest BCUT2D eigenvalue weighted by atomic mass is 16.4. The molecule has 0 saturated heterocycles. The Balaban J connectivity index is 1.98. The molecule has 7 nitrogen and oxygen atoms in total. The molecule has 3 aromatic rings. The van der Waals surface area contributed by atoms with Crippen LogP contribution in [0.2, 0.25) is 0 Å². The van der Waals surface area contributed by atoms with Crippen LogP contribution in [0.1, 0.15) is 64.3 Å². The number of hydrogen-bond acceptors (Lipinski definition) is 4. The Hall–Kier alpha value is -3.45. The molecule has 0 spiro atoms. The molecule has 1 heterocycles. The fourth-order valence-electron chi connectivity index (χ4n) is 3.51. The minimum atomic E-state index is -1.13. The Morgan fingerprint density at radius 3 is 2.27 bits per heavy atom. The van der Waals surface area contributed by atoms with Crippen molar-refractivity contribution in [1.82, 2.24) is 9.55 Å². The van der Waals surface area contributed by atoms with Crippen molar-refractivity contribution in [3.8, 4) is 11.1 Å². The number of carboxylic acid groups (broad SMARTS) is 2. The van der Waals surface area contributed by atoms with Gasteiger partial charge >= 0.3 is 11.9 Å². The van der Waals surface area contributed by atoms with Gasteiger partial charge in [0.2, 0.25) is 0 Å². The summed E-state index contributed by atoms with van der Waals surface area (Å²) in [6, 6.07) is 14.1. The van der Waals surface area contributed by atoms with Crippen molar-refractivity contribution in [3.05, 3.63) is 76.9 Å². The SMILES string of the molecule is CCCc1nc(C(C)O)c(C(=O)O)n1Cc1ccc(-c2ccccc2C(=O)O)cc1. The molecule has 0 amide bonds. The first-order chi connectivity index (χ1) is 14.3. The summed E-state index contributed by atoms with van der Waals surface area (Å²) < 4.78 is 1.63. The van der Waals surface area contributed by atoms with E-state index in [-0.39, 0.29) is 23.5 Å². The molecule has 1 aromatic heterocycles. The molecule has 0 aliphatic rings. The van der Waals surface area contributed by atoms with Crippen molar-refractivity contribution in [3.63, 3.8) is 0 Å². The zero-order chi connectivity index (χ0) is 21.8. The summed E-state index contributed by atoms with van der Waals surface area (Å²) in [6.45, 7) is 3.78. The Kier molecular flexibility index (Phi) is 6.32. The third-order valence-corrected chi connectivity index (χ3v) is 4.91. The van der Waals surface area contributed by atoms with Crippen LogP contribution in [0, 0.1) is 0 Å². The van der Waals surface area contributed by atoms with Crippen molar-refractivity contribution in [1.29, 1.82) is 0 Å². The predicted octanol–water partition coefficient (Wildman–Crippen LogP) is 4.00. The lowest BCUT2D eigenvalue weighted by molar-refractivity contribution is 0.0673. The molecule has 0 saturated carbocycles. The summed E-state index contributed by atoms with van der Waals surface area (Å²) >= 11 is 0. The summed E-state index contributed by atoms with van der Waals surface area (Å²) in [7, 11) is 0. The molecule has 156 valence electrons. The molecule has 2 aromatic carbocycles. The molecule has 7 heteroatoms. The molecule has 0 fully saturated rings. The van der Waals surface area contributed by atoms with E-state index in [4.69, 9.17) is 0 Å². The van der Waals surface area contributed by atoms with E-state index in [1.54, 1.807) is 28.8 Å². The summed E-state index contributed by atoms with van der Waals surface area (Å²) in [4.78, 5) is 27.7. The van der Waals surface area contributed by atoms with E-state index in [9.17, 15) is 24.9 Å². The number of benzene rings is 2. The third-order valence-electron chi connectivity index (χ3n) is 4.91. The number of carbonyl (C=O) groups is 2. The van der Waals surface area contributed by atoms with Crippen molar-refractivity contribution in [2.45, 2.75) is 39.3 Å². The van der Waals surface area contributed by atoms with Gasteiger partial charge in [0.05, 0.1) is 11.7 Å². The first-order valence-corrected chi connectivity index (χ1v) is 9.75. The highest BCUT2D eigenvalue weighted by molar-refractivity contribution is 5.96. The van der Waals surface area contributed by atoms with Crippen molar-refractivity contribution < 1.29 is 24.9 Å². The van der Waals surface area contributed by atoms with E-state index in [1.165, 1.54) is 6.92 Å². The summed E-state index contributed by atoms with van der Waals surface area (Å²) in [5.74, 6) is -1.51. The number of aryl methyl sites for hydroxylation is 1. The van der Waals surface area contributed by atoms with Gasteiger partial charge in [-0.3, -0.25) is 0 Å². The second-order valence-corrected chi connectivity index (χ2v) is 7.13. The van der Waals surface area contributed by atoms with Crippen LogP contribution in [-0.4, -0.2) is 36.8 Å². The van der Waals surface area contributed by atoms with Crippen molar-refractivity contribution in [2.24, 2.45) is 0 Å². The van der Waals surface area contributed by atoms with Gasteiger partial charge < -0.3 is 19.9 Å². The fourth-order valence-corrected chi connectivity index (χ4v) is 3.51. The number of nitrogens with zero attached hydrogens (tertiary/aromatic N) is 2. The Morgan fingerprint density at radius 2 is 1.70 bits per heavy atom. The zero-order valence-electron chi connectivity index (χ0n) is 16.9. The van der Waals surface area contributed by atoms with Crippen LogP contribution in [0.15, 0.2) is 48.5 Å². The largest absolute Gasteiger partial charge is 0.478 e. The summed E-state index contributed by atoms with van der Waals surface area (Å²) in [5.41, 5.74) is 2.61. The van der Waals surface area contributed by atoms with Crippen LogP contribution in [-0.2, 0) is 13.0 Å². The van der Waals surface area contributed by atoms with Crippen LogP contribution >= 0.6 is 0 Å². The van der Waals surface area contributed by atoms with Gasteiger partial charge in [-0.2, -0.15) is 0 Å². The molecule has 3 N–H and O–H groups in total. The highest BCUT2D eigenvalue weighted by Crippen LogP contribution is 2.26. The van der Waals surface area contributed by atoms with Crippen LogP contribution in [0.25, 0.3) is 11.1 Å². The predicted molar refractivity (Wildman–Crippen MR) is 112 cm³/mol. The fraction of sp³-hybridized carbons (Fsp3) is 0.261. The topological polar surface area (TPSA) is 113 Å². The maximum atomic E-state index is 11.9. The van der Waals surface area contributed by atoms with E-state index in [2.05, 4.69) is 4.98 Å². The molecule has 0 aliphatic heterocycles. The number of hydrogen-bond donors (Lipinski definition) is 3. The van der Waals surface area contributed by atoms with Crippen LogP contribution in [0.3, 0.4) is 0 Å². The number of imidazole rings is 1. The number of carboxylic acids is 2. The minimum Gasteiger partial charge on any atom is -0.478 e. The molecule has 0 radical (unpaired) electrons. The molecule has 3 rings (SSSR count). The summed E-state index contributed by atoms with van der Waals surface area (Å²) in [5, 5.41) is 29.1. The van der Waals surface area contributed by atoms with Crippen LogP contribution in [0.5, 0.6) is 0 Å². The number of aromatic carboxylic acids is 2. The first kappa shape index (κ1) is 21.3. The molecule has 0 aliphatic carbocycles. The number of rotatable bonds is 8. The molecular weight excluding hydrogens is 384 g/mol. The summed E-state index contributed by atoms with van der Waals surface area (Å²) in [6.07, 6.45) is 0.403. The lowest BCUT2D eigenvalue weighted by Gasteiger charge is -2.12. The number of aliphatic hydroxyl groups excluding tert-OH is 1. The smallest absolute Gasteiger partial charge is 0.354 e. The van der Waals surface area contributed by atoms with E-state index in [0.717, 1.165) is 17.5 Å². The van der Waals surface area contributed by atoms with Gasteiger partial charge in [0.15, 0.2) is 5.69 Å². The molecular formula is C23H24N2O5. The van der Waals surface area contributed by atoms with Crippen LogP contribution in [0.4, 0.5) is 0 Å². The van der Waals surface area contributed by atoms with Gasteiger partial charge in [0.25, 0.3) is 0 Å². The second kappa shape index (κ2) is 8.92. The Morgan fingerprint density at radius 1 is 1.03 bits per heavy atom. The monoisotopic (exact) mass is 408 g/mol. The van der Waals surface area contributed by atoms with Gasteiger partial charge in [-0.25, -0.2) is 14.6 Å². The Labute approximate surface area is 174 Å². The van der Waals surface area contributed by atoms with Crippen molar-refractivity contribution in [2.75, 3.05) is 0 Å². The average molecular weight is 408 g/mol. The third kappa shape index (κ3) is 4.26. The lowest BCUT2D eigenvalue weighted by atomic mass is 9.98. The van der Waals surface area contributed by atoms with E-state index in [0.29, 0.717) is 17.8 Å². The second-order valence-electron chi connectivity index (χ2n) is 7.13. The van der Waals surface area contributed by atoms with E-state index < -0.39 is 18.0 Å². The lowest BCUT2D eigenvalue weighted by Crippen LogP contribution is -2.14. The molecule has 1 atom stereocenters. The van der Waals surface area contributed by atoms with Gasteiger partial charge in [-0.05, 0) is 36.1 Å². The number of aromatic nitrogens is 2. The quantitative estimate of drug-likeness (QED) is 0.519. The minimum absolute atomic E-state index is 0.00579. The standard InChI is InChI=1S/C23H24N2O5/c1-3-6-19-24-20(14(2)26)21(23(29)30)25(19)13-15-9-11-16(12-10-15)17-7-4-5-8-18(17)22(27)28/h4-5,7-12,14,26H,3,6,13H2,1-2H3,(H,27,28)(H,29,30). The highest BCUT2D eigenvalue weighted by Gasteiger charge is 2.25. The van der Waals surface area contributed by atoms with Crippen LogP contribution < -0.4 is 0 Å². The van der Waals surface area contributed by atoms with Crippen molar-refractivity contribution >= 4 is 11.9 Å². The maximum Gasteiger partial charge on any atom is 0.354 e.